The van der Waals surface area contributed by atoms with Crippen molar-refractivity contribution in [1.82, 2.24) is 4.90 Å². The van der Waals surface area contributed by atoms with Gasteiger partial charge in [-0.1, -0.05) is 54.6 Å². The molecule has 1 saturated heterocycles. The minimum absolute atomic E-state index is 0.361. The monoisotopic (exact) mass is 310 g/mol. The maximum Gasteiger partial charge on any atom is 0.0599 e. The molecule has 0 spiro atoms. The van der Waals surface area contributed by atoms with Crippen molar-refractivity contribution in [2.45, 2.75) is 31.5 Å². The third kappa shape index (κ3) is 3.99. The van der Waals surface area contributed by atoms with Crippen molar-refractivity contribution < 1.29 is 4.74 Å². The van der Waals surface area contributed by atoms with Gasteiger partial charge in [0.05, 0.1) is 6.10 Å². The van der Waals surface area contributed by atoms with Crippen LogP contribution in [-0.2, 0) is 11.3 Å². The van der Waals surface area contributed by atoms with Crippen LogP contribution in [0.2, 0.25) is 0 Å². The van der Waals surface area contributed by atoms with Crippen LogP contribution < -0.4 is 5.73 Å². The summed E-state index contributed by atoms with van der Waals surface area (Å²) in [5, 5.41) is 0. The van der Waals surface area contributed by atoms with E-state index in [1.165, 1.54) is 16.7 Å². The van der Waals surface area contributed by atoms with Crippen molar-refractivity contribution in [1.29, 1.82) is 0 Å². The fraction of sp³-hybridized carbons (Fsp3) is 0.400. The van der Waals surface area contributed by atoms with E-state index in [-0.39, 0.29) is 0 Å². The van der Waals surface area contributed by atoms with Crippen LogP contribution in [0.1, 0.15) is 18.4 Å². The van der Waals surface area contributed by atoms with Crippen LogP contribution in [0.15, 0.2) is 54.6 Å². The summed E-state index contributed by atoms with van der Waals surface area (Å²) < 4.78 is 5.50. The van der Waals surface area contributed by atoms with Gasteiger partial charge in [-0.25, -0.2) is 0 Å². The first-order valence-corrected chi connectivity index (χ1v) is 8.41. The second kappa shape index (κ2) is 7.73. The number of piperidine rings is 1. The first kappa shape index (κ1) is 16.2. The average Bonchev–Trinajstić information content (AvgIpc) is 2.63. The van der Waals surface area contributed by atoms with Crippen molar-refractivity contribution in [3.05, 3.63) is 60.2 Å². The third-order valence-electron chi connectivity index (χ3n) is 4.84. The zero-order valence-electron chi connectivity index (χ0n) is 13.8. The van der Waals surface area contributed by atoms with Crippen molar-refractivity contribution in [3.8, 4) is 11.1 Å². The van der Waals surface area contributed by atoms with Gasteiger partial charge in [0.1, 0.15) is 0 Å². The molecule has 1 heterocycles. The zero-order valence-corrected chi connectivity index (χ0v) is 13.8. The lowest BCUT2D eigenvalue weighted by Crippen LogP contribution is -2.47. The van der Waals surface area contributed by atoms with Crippen LogP contribution in [-0.4, -0.2) is 37.2 Å². The van der Waals surface area contributed by atoms with Gasteiger partial charge in [-0.2, -0.15) is 0 Å². The van der Waals surface area contributed by atoms with Gasteiger partial charge in [0.25, 0.3) is 0 Å². The molecule has 1 fully saturated rings. The first-order valence-electron chi connectivity index (χ1n) is 8.41. The van der Waals surface area contributed by atoms with Gasteiger partial charge in [0, 0.05) is 32.8 Å². The fourth-order valence-corrected chi connectivity index (χ4v) is 3.40. The lowest BCUT2D eigenvalue weighted by molar-refractivity contribution is 0.0102. The Morgan fingerprint density at radius 2 is 1.74 bits per heavy atom. The van der Waals surface area contributed by atoms with E-state index in [1.54, 1.807) is 7.11 Å². The summed E-state index contributed by atoms with van der Waals surface area (Å²) in [4.78, 5) is 2.49. The molecule has 0 amide bonds. The van der Waals surface area contributed by atoms with E-state index < -0.39 is 0 Å². The molecule has 3 rings (SSSR count). The Balaban J connectivity index is 1.66. The summed E-state index contributed by atoms with van der Waals surface area (Å²) in [6.45, 7) is 2.72. The molecule has 23 heavy (non-hydrogen) atoms. The Morgan fingerprint density at radius 3 is 2.39 bits per heavy atom. The standard InChI is InChI=1S/C20H26N2O/c1-23-20-11-12-22(19(13-20)14-21)15-16-7-9-18(10-8-16)17-5-3-2-4-6-17/h2-10,19-20H,11-15,21H2,1H3. The van der Waals surface area contributed by atoms with Gasteiger partial charge in [-0.05, 0) is 29.5 Å². The minimum Gasteiger partial charge on any atom is -0.381 e. The number of nitrogens with two attached hydrogens (primary N) is 1. The van der Waals surface area contributed by atoms with Crippen molar-refractivity contribution in [2.24, 2.45) is 5.73 Å². The number of nitrogens with zero attached hydrogens (tertiary/aromatic N) is 1. The second-order valence-electron chi connectivity index (χ2n) is 6.31. The van der Waals surface area contributed by atoms with Crippen LogP contribution in [0.25, 0.3) is 11.1 Å². The summed E-state index contributed by atoms with van der Waals surface area (Å²) in [6.07, 6.45) is 2.49. The van der Waals surface area contributed by atoms with Crippen molar-refractivity contribution in [2.75, 3.05) is 20.2 Å². The average molecular weight is 310 g/mol. The molecule has 2 aromatic rings. The van der Waals surface area contributed by atoms with E-state index in [0.717, 1.165) is 25.9 Å². The zero-order chi connectivity index (χ0) is 16.1. The highest BCUT2D eigenvalue weighted by molar-refractivity contribution is 5.63. The molecule has 0 aromatic heterocycles. The predicted octanol–water partition coefficient (Wildman–Crippen LogP) is 3.29. The molecule has 3 nitrogen and oxygen atoms in total. The smallest absolute Gasteiger partial charge is 0.0599 e. The second-order valence-corrected chi connectivity index (χ2v) is 6.31. The lowest BCUT2D eigenvalue weighted by Gasteiger charge is -2.38. The summed E-state index contributed by atoms with van der Waals surface area (Å²) in [5.41, 5.74) is 9.84. The Kier molecular flexibility index (Phi) is 5.44. The molecule has 1 aliphatic heterocycles. The molecule has 0 radical (unpaired) electrons. The maximum absolute atomic E-state index is 5.97. The van der Waals surface area contributed by atoms with E-state index in [0.29, 0.717) is 18.7 Å². The Labute approximate surface area is 139 Å². The SMILES string of the molecule is COC1CCN(Cc2ccc(-c3ccccc3)cc2)C(CN)C1. The number of methoxy groups -OCH3 is 1. The largest absolute Gasteiger partial charge is 0.381 e. The first-order chi connectivity index (χ1) is 11.3. The number of hydrogen-bond acceptors (Lipinski definition) is 3. The molecule has 1 aliphatic rings. The topological polar surface area (TPSA) is 38.5 Å². The quantitative estimate of drug-likeness (QED) is 0.921. The summed E-state index contributed by atoms with van der Waals surface area (Å²) in [6, 6.07) is 19.8. The molecule has 2 unspecified atom stereocenters. The van der Waals surface area contributed by atoms with Crippen LogP contribution in [0.4, 0.5) is 0 Å². The molecule has 0 aliphatic carbocycles. The van der Waals surface area contributed by atoms with Crippen LogP contribution in [0.3, 0.4) is 0 Å². The van der Waals surface area contributed by atoms with E-state index in [2.05, 4.69) is 59.5 Å². The normalized spacial score (nSPS) is 22.2. The Hall–Kier alpha value is -1.68. The Morgan fingerprint density at radius 1 is 1.04 bits per heavy atom. The molecule has 122 valence electrons. The summed E-state index contributed by atoms with van der Waals surface area (Å²) in [5.74, 6) is 0. The number of benzene rings is 2. The Bertz CT molecular complexity index is 597. The molecule has 0 bridgehead atoms. The highest BCUT2D eigenvalue weighted by Crippen LogP contribution is 2.23. The summed E-state index contributed by atoms with van der Waals surface area (Å²) >= 11 is 0. The molecular formula is C20H26N2O. The van der Waals surface area contributed by atoms with Gasteiger partial charge in [-0.15, -0.1) is 0 Å². The molecule has 2 aromatic carbocycles. The lowest BCUT2D eigenvalue weighted by atomic mass is 9.98. The third-order valence-corrected chi connectivity index (χ3v) is 4.84. The van der Waals surface area contributed by atoms with Gasteiger partial charge < -0.3 is 10.5 Å². The van der Waals surface area contributed by atoms with Crippen molar-refractivity contribution in [3.63, 3.8) is 0 Å². The van der Waals surface area contributed by atoms with Crippen LogP contribution in [0, 0.1) is 0 Å². The highest BCUT2D eigenvalue weighted by atomic mass is 16.5. The minimum atomic E-state index is 0.361. The van der Waals surface area contributed by atoms with E-state index in [9.17, 15) is 0 Å². The predicted molar refractivity (Wildman–Crippen MR) is 95.2 cm³/mol. The van der Waals surface area contributed by atoms with Gasteiger partial charge in [0.2, 0.25) is 0 Å². The van der Waals surface area contributed by atoms with E-state index in [1.807, 2.05) is 0 Å². The van der Waals surface area contributed by atoms with Crippen molar-refractivity contribution >= 4 is 0 Å². The number of hydrogen-bond donors (Lipinski definition) is 1. The van der Waals surface area contributed by atoms with Gasteiger partial charge >= 0.3 is 0 Å². The van der Waals surface area contributed by atoms with Crippen LogP contribution >= 0.6 is 0 Å². The molecule has 0 saturated carbocycles. The molecular weight excluding hydrogens is 284 g/mol. The van der Waals surface area contributed by atoms with Gasteiger partial charge in [-0.3, -0.25) is 4.90 Å². The highest BCUT2D eigenvalue weighted by Gasteiger charge is 2.27. The van der Waals surface area contributed by atoms with E-state index in [4.69, 9.17) is 10.5 Å². The number of ether oxygens (including phenoxy) is 1. The molecule has 2 atom stereocenters. The number of rotatable bonds is 5. The van der Waals surface area contributed by atoms with Gasteiger partial charge in [0.15, 0.2) is 0 Å². The molecule has 2 N–H and O–H groups in total. The summed E-state index contributed by atoms with van der Waals surface area (Å²) in [7, 11) is 1.80. The molecule has 3 heteroatoms. The van der Waals surface area contributed by atoms with Crippen LogP contribution in [0.5, 0.6) is 0 Å². The fourth-order valence-electron chi connectivity index (χ4n) is 3.40. The van der Waals surface area contributed by atoms with E-state index >= 15 is 0 Å². The number of likely N-dealkylation sites (tertiary alicyclic amines) is 1. The maximum atomic E-state index is 5.97.